The van der Waals surface area contributed by atoms with E-state index >= 15 is 0 Å². The van der Waals surface area contributed by atoms with E-state index in [2.05, 4.69) is 15.3 Å². The van der Waals surface area contributed by atoms with E-state index in [1.807, 2.05) is 50.2 Å². The minimum Gasteiger partial charge on any atom is -0.320 e. The van der Waals surface area contributed by atoms with Crippen molar-refractivity contribution in [3.05, 3.63) is 53.3 Å². The van der Waals surface area contributed by atoms with Crippen LogP contribution >= 0.6 is 0 Å². The Hall–Kier alpha value is -2.27. The number of nitrogens with two attached hydrogens (primary N) is 1. The van der Waals surface area contributed by atoms with E-state index in [-0.39, 0.29) is 5.91 Å². The van der Waals surface area contributed by atoms with Crippen LogP contribution in [-0.4, -0.2) is 21.9 Å². The maximum Gasteiger partial charge on any atom is 0.243 e. The number of hydrogen-bond acceptors (Lipinski definition) is 4. The molecule has 0 saturated carbocycles. The third-order valence-electron chi connectivity index (χ3n) is 3.14. The average molecular weight is 284 g/mol. The molecule has 1 aromatic carbocycles. The van der Waals surface area contributed by atoms with Crippen molar-refractivity contribution in [1.82, 2.24) is 9.97 Å². The number of hydrogen-bond donors (Lipinski definition) is 2. The van der Waals surface area contributed by atoms with Crippen LogP contribution in [0.25, 0.3) is 0 Å². The monoisotopic (exact) mass is 284 g/mol. The lowest BCUT2D eigenvalue weighted by Gasteiger charge is -2.12. The van der Waals surface area contributed by atoms with Crippen molar-refractivity contribution in [1.29, 1.82) is 0 Å². The second-order valence-electron chi connectivity index (χ2n) is 5.09. The molecular formula is C16H20N4O. The molecule has 21 heavy (non-hydrogen) atoms. The molecule has 0 aliphatic heterocycles. The quantitative estimate of drug-likeness (QED) is 0.880. The summed E-state index contributed by atoms with van der Waals surface area (Å²) in [5.41, 5.74) is 8.72. The van der Waals surface area contributed by atoms with Crippen LogP contribution in [0.15, 0.2) is 36.4 Å². The Bertz CT molecular complexity index is 593. The van der Waals surface area contributed by atoms with Gasteiger partial charge in [-0.1, -0.05) is 30.3 Å². The first-order chi connectivity index (χ1) is 10.0. The van der Waals surface area contributed by atoms with Gasteiger partial charge in [-0.3, -0.25) is 10.1 Å². The van der Waals surface area contributed by atoms with Crippen molar-refractivity contribution in [2.45, 2.75) is 32.7 Å². The van der Waals surface area contributed by atoms with Gasteiger partial charge in [-0.15, -0.1) is 0 Å². The molecule has 5 heteroatoms. The molecule has 1 amide bonds. The van der Waals surface area contributed by atoms with Crippen LogP contribution in [0.3, 0.4) is 0 Å². The molecule has 1 atom stereocenters. The number of nitrogens with zero attached hydrogens (tertiary/aromatic N) is 2. The van der Waals surface area contributed by atoms with Crippen LogP contribution in [-0.2, 0) is 11.2 Å². The molecular weight excluding hydrogens is 264 g/mol. The van der Waals surface area contributed by atoms with Crippen molar-refractivity contribution in [3.8, 4) is 0 Å². The van der Waals surface area contributed by atoms with Gasteiger partial charge in [-0.2, -0.15) is 0 Å². The molecule has 0 saturated heterocycles. The second-order valence-corrected chi connectivity index (χ2v) is 5.09. The number of aryl methyl sites for hydroxylation is 3. The van der Waals surface area contributed by atoms with Gasteiger partial charge in [0.15, 0.2) is 0 Å². The van der Waals surface area contributed by atoms with Gasteiger partial charge in [0.05, 0.1) is 6.04 Å². The second kappa shape index (κ2) is 6.95. The maximum atomic E-state index is 12.0. The summed E-state index contributed by atoms with van der Waals surface area (Å²) >= 11 is 0. The van der Waals surface area contributed by atoms with Gasteiger partial charge in [0.25, 0.3) is 0 Å². The van der Waals surface area contributed by atoms with Gasteiger partial charge < -0.3 is 5.73 Å². The number of amides is 1. The van der Waals surface area contributed by atoms with Gasteiger partial charge in [0.1, 0.15) is 0 Å². The standard InChI is InChI=1S/C16H20N4O/c1-11-10-12(2)19-16(18-11)20-15(21)14(17)9-8-13-6-4-3-5-7-13/h3-7,10,14H,8-9,17H2,1-2H3,(H,18,19,20,21). The molecule has 0 aliphatic rings. The lowest BCUT2D eigenvalue weighted by molar-refractivity contribution is -0.117. The first-order valence-electron chi connectivity index (χ1n) is 6.97. The van der Waals surface area contributed by atoms with E-state index in [0.717, 1.165) is 17.8 Å². The molecule has 2 rings (SSSR count). The minimum absolute atomic E-state index is 0.254. The summed E-state index contributed by atoms with van der Waals surface area (Å²) in [4.78, 5) is 20.4. The third-order valence-corrected chi connectivity index (χ3v) is 3.14. The normalized spacial score (nSPS) is 12.0. The number of anilines is 1. The molecule has 0 fully saturated rings. The van der Waals surface area contributed by atoms with Crippen LogP contribution in [0.2, 0.25) is 0 Å². The Morgan fingerprint density at radius 1 is 1.19 bits per heavy atom. The van der Waals surface area contributed by atoms with Gasteiger partial charge >= 0.3 is 0 Å². The highest BCUT2D eigenvalue weighted by Gasteiger charge is 2.15. The first-order valence-corrected chi connectivity index (χ1v) is 6.97. The highest BCUT2D eigenvalue weighted by atomic mass is 16.2. The molecule has 1 heterocycles. The fourth-order valence-corrected chi connectivity index (χ4v) is 2.08. The number of nitrogens with one attached hydrogen (secondary N) is 1. The molecule has 0 bridgehead atoms. The number of aromatic nitrogens is 2. The Morgan fingerprint density at radius 2 is 1.81 bits per heavy atom. The van der Waals surface area contributed by atoms with Crippen molar-refractivity contribution in [2.24, 2.45) is 5.73 Å². The molecule has 1 aromatic heterocycles. The Labute approximate surface area is 124 Å². The highest BCUT2D eigenvalue weighted by molar-refractivity contribution is 5.93. The smallest absolute Gasteiger partial charge is 0.243 e. The highest BCUT2D eigenvalue weighted by Crippen LogP contribution is 2.07. The fourth-order valence-electron chi connectivity index (χ4n) is 2.08. The van der Waals surface area contributed by atoms with E-state index in [1.165, 1.54) is 5.56 Å². The molecule has 0 aliphatic carbocycles. The van der Waals surface area contributed by atoms with E-state index in [1.54, 1.807) is 0 Å². The van der Waals surface area contributed by atoms with Crippen molar-refractivity contribution < 1.29 is 4.79 Å². The van der Waals surface area contributed by atoms with E-state index < -0.39 is 6.04 Å². The number of carbonyl (C=O) groups excluding carboxylic acids is 1. The summed E-state index contributed by atoms with van der Waals surface area (Å²) in [6.45, 7) is 3.72. The van der Waals surface area contributed by atoms with Crippen molar-refractivity contribution >= 4 is 11.9 Å². The summed E-state index contributed by atoms with van der Waals surface area (Å²) in [5, 5.41) is 2.67. The zero-order valence-electron chi connectivity index (χ0n) is 12.3. The molecule has 110 valence electrons. The number of rotatable bonds is 5. The number of carbonyl (C=O) groups is 1. The Kier molecular flexibility index (Phi) is 5.00. The van der Waals surface area contributed by atoms with Crippen LogP contribution in [0.4, 0.5) is 5.95 Å². The fraction of sp³-hybridized carbons (Fsp3) is 0.312. The summed E-state index contributed by atoms with van der Waals surface area (Å²) in [6.07, 6.45) is 1.35. The molecule has 3 N–H and O–H groups in total. The van der Waals surface area contributed by atoms with Crippen LogP contribution in [0.1, 0.15) is 23.4 Å². The predicted molar refractivity (Wildman–Crippen MR) is 82.9 cm³/mol. The SMILES string of the molecule is Cc1cc(C)nc(NC(=O)C(N)CCc2ccccc2)n1. The summed E-state index contributed by atoms with van der Waals surface area (Å²) in [6, 6.07) is 11.2. The topological polar surface area (TPSA) is 80.9 Å². The van der Waals surface area contributed by atoms with Crippen LogP contribution < -0.4 is 11.1 Å². The van der Waals surface area contributed by atoms with Gasteiger partial charge in [0.2, 0.25) is 11.9 Å². The lowest BCUT2D eigenvalue weighted by Crippen LogP contribution is -2.36. The molecule has 0 spiro atoms. The Morgan fingerprint density at radius 3 is 2.43 bits per heavy atom. The lowest BCUT2D eigenvalue weighted by atomic mass is 10.1. The van der Waals surface area contributed by atoms with E-state index in [0.29, 0.717) is 12.4 Å². The molecule has 5 nitrogen and oxygen atoms in total. The molecule has 0 radical (unpaired) electrons. The van der Waals surface area contributed by atoms with Gasteiger partial charge in [-0.25, -0.2) is 9.97 Å². The average Bonchev–Trinajstić information content (AvgIpc) is 2.44. The number of benzene rings is 1. The minimum atomic E-state index is -0.574. The van der Waals surface area contributed by atoms with Crippen LogP contribution in [0.5, 0.6) is 0 Å². The van der Waals surface area contributed by atoms with E-state index in [9.17, 15) is 4.79 Å². The van der Waals surface area contributed by atoms with Gasteiger partial charge in [0, 0.05) is 11.4 Å². The Balaban J connectivity index is 1.90. The van der Waals surface area contributed by atoms with Crippen molar-refractivity contribution in [2.75, 3.05) is 5.32 Å². The van der Waals surface area contributed by atoms with Crippen molar-refractivity contribution in [3.63, 3.8) is 0 Å². The molecule has 2 aromatic rings. The predicted octanol–water partition coefficient (Wildman–Crippen LogP) is 1.99. The third kappa shape index (κ3) is 4.65. The van der Waals surface area contributed by atoms with Crippen LogP contribution in [0, 0.1) is 13.8 Å². The van der Waals surface area contributed by atoms with E-state index in [4.69, 9.17) is 5.73 Å². The van der Waals surface area contributed by atoms with Gasteiger partial charge in [-0.05, 0) is 38.3 Å². The molecule has 1 unspecified atom stereocenters. The summed E-state index contributed by atoms with van der Waals surface area (Å²) in [7, 11) is 0. The first kappa shape index (κ1) is 15.1. The zero-order chi connectivity index (χ0) is 15.2. The largest absolute Gasteiger partial charge is 0.320 e. The summed E-state index contributed by atoms with van der Waals surface area (Å²) in [5.74, 6) is 0.0589. The zero-order valence-corrected chi connectivity index (χ0v) is 12.3. The maximum absolute atomic E-state index is 12.0. The summed E-state index contributed by atoms with van der Waals surface area (Å²) < 4.78 is 0.